The van der Waals surface area contributed by atoms with E-state index in [2.05, 4.69) is 10.6 Å². The van der Waals surface area contributed by atoms with Crippen LogP contribution in [-0.4, -0.2) is 25.0 Å². The van der Waals surface area contributed by atoms with E-state index in [0.29, 0.717) is 12.6 Å². The minimum absolute atomic E-state index is 0.171. The van der Waals surface area contributed by atoms with Crippen LogP contribution in [0.4, 0.5) is 0 Å². The molecule has 94 valence electrons. The van der Waals surface area contributed by atoms with Crippen LogP contribution in [0.2, 0.25) is 0 Å². The van der Waals surface area contributed by atoms with Crippen LogP contribution in [0.5, 0.6) is 0 Å². The van der Waals surface area contributed by atoms with Crippen LogP contribution in [0.25, 0.3) is 0 Å². The second-order valence-corrected chi connectivity index (χ2v) is 6.80. The van der Waals surface area contributed by atoms with Gasteiger partial charge < -0.3 is 10.6 Å². The van der Waals surface area contributed by atoms with Gasteiger partial charge in [0.15, 0.2) is 0 Å². The van der Waals surface area contributed by atoms with E-state index < -0.39 is 0 Å². The minimum Gasteiger partial charge on any atom is -0.353 e. The van der Waals surface area contributed by atoms with Crippen LogP contribution < -0.4 is 10.6 Å². The number of amides is 1. The molecule has 1 atom stereocenters. The Morgan fingerprint density at radius 2 is 1.59 bits per heavy atom. The lowest BCUT2D eigenvalue weighted by Gasteiger charge is -2.57. The lowest BCUT2D eigenvalue weighted by molar-refractivity contribution is -0.123. The van der Waals surface area contributed by atoms with Crippen molar-refractivity contribution in [1.29, 1.82) is 0 Å². The summed E-state index contributed by atoms with van der Waals surface area (Å²) >= 11 is 0. The third-order valence-electron chi connectivity index (χ3n) is 5.81. The van der Waals surface area contributed by atoms with Crippen LogP contribution >= 0.6 is 0 Å². The first-order valence-corrected chi connectivity index (χ1v) is 7.29. The van der Waals surface area contributed by atoms with Crippen LogP contribution in [0, 0.1) is 29.6 Å². The van der Waals surface area contributed by atoms with Gasteiger partial charge in [0.25, 0.3) is 0 Å². The number of carbonyl (C=O) groups excluding carboxylic acids is 1. The second-order valence-electron chi connectivity index (χ2n) is 6.80. The molecule has 1 amide bonds. The van der Waals surface area contributed by atoms with Crippen LogP contribution in [0.3, 0.4) is 0 Å². The van der Waals surface area contributed by atoms with E-state index in [1.807, 2.05) is 0 Å². The average Bonchev–Trinajstić information content (AvgIpc) is 2.30. The topological polar surface area (TPSA) is 41.1 Å². The SMILES string of the molecule is O=C1CNC(C2C3CC4CC(C3)CC2C4)CN1. The van der Waals surface area contributed by atoms with Gasteiger partial charge in [0.1, 0.15) is 0 Å². The number of piperazine rings is 1. The molecule has 2 N–H and O–H groups in total. The molecule has 1 aliphatic heterocycles. The lowest BCUT2D eigenvalue weighted by Crippen LogP contribution is -2.60. The van der Waals surface area contributed by atoms with Gasteiger partial charge in [0.05, 0.1) is 6.54 Å². The average molecular weight is 234 g/mol. The number of nitrogens with one attached hydrogen (secondary N) is 2. The van der Waals surface area contributed by atoms with Crippen molar-refractivity contribution in [2.75, 3.05) is 13.1 Å². The molecule has 3 nitrogen and oxygen atoms in total. The Morgan fingerprint density at radius 1 is 0.941 bits per heavy atom. The van der Waals surface area contributed by atoms with Gasteiger partial charge in [-0.1, -0.05) is 0 Å². The quantitative estimate of drug-likeness (QED) is 0.714. The highest BCUT2D eigenvalue weighted by Crippen LogP contribution is 2.57. The fraction of sp³-hybridized carbons (Fsp3) is 0.929. The maximum absolute atomic E-state index is 11.2. The minimum atomic E-state index is 0.171. The van der Waals surface area contributed by atoms with Crippen molar-refractivity contribution in [3.05, 3.63) is 0 Å². The highest BCUT2D eigenvalue weighted by Gasteiger charge is 2.50. The molecule has 0 aromatic rings. The van der Waals surface area contributed by atoms with Crippen molar-refractivity contribution in [3.8, 4) is 0 Å². The highest BCUT2D eigenvalue weighted by molar-refractivity contribution is 5.78. The maximum atomic E-state index is 11.2. The fourth-order valence-corrected chi connectivity index (χ4v) is 5.48. The predicted octanol–water partition coefficient (Wildman–Crippen LogP) is 1.15. The fourth-order valence-electron chi connectivity index (χ4n) is 5.48. The molecule has 4 bridgehead atoms. The molecule has 3 heteroatoms. The summed E-state index contributed by atoms with van der Waals surface area (Å²) in [6.07, 6.45) is 7.43. The number of hydrogen-bond donors (Lipinski definition) is 2. The van der Waals surface area contributed by atoms with Gasteiger partial charge in [-0.25, -0.2) is 0 Å². The van der Waals surface area contributed by atoms with E-state index >= 15 is 0 Å². The number of rotatable bonds is 1. The molecule has 5 aliphatic rings. The zero-order chi connectivity index (χ0) is 11.4. The van der Waals surface area contributed by atoms with Crippen LogP contribution in [0.15, 0.2) is 0 Å². The van der Waals surface area contributed by atoms with Crippen molar-refractivity contribution >= 4 is 5.91 Å². The van der Waals surface area contributed by atoms with Gasteiger partial charge in [0, 0.05) is 12.6 Å². The van der Waals surface area contributed by atoms with Gasteiger partial charge in [-0.2, -0.15) is 0 Å². The molecule has 5 fully saturated rings. The third-order valence-corrected chi connectivity index (χ3v) is 5.81. The summed E-state index contributed by atoms with van der Waals surface area (Å²) in [6.45, 7) is 1.40. The van der Waals surface area contributed by atoms with E-state index in [1.54, 1.807) is 0 Å². The third kappa shape index (κ3) is 1.62. The molecule has 1 saturated heterocycles. The van der Waals surface area contributed by atoms with Crippen LogP contribution in [0.1, 0.15) is 32.1 Å². The summed E-state index contributed by atoms with van der Waals surface area (Å²) < 4.78 is 0. The zero-order valence-electron chi connectivity index (χ0n) is 10.3. The van der Waals surface area contributed by atoms with Gasteiger partial charge in [-0.05, 0) is 61.7 Å². The Hall–Kier alpha value is -0.570. The van der Waals surface area contributed by atoms with Gasteiger partial charge in [-0.15, -0.1) is 0 Å². The molecule has 4 aliphatic carbocycles. The summed E-state index contributed by atoms with van der Waals surface area (Å²) in [7, 11) is 0. The van der Waals surface area contributed by atoms with Crippen molar-refractivity contribution in [1.82, 2.24) is 10.6 Å². The summed E-state index contributed by atoms with van der Waals surface area (Å²) in [5.74, 6) is 5.03. The van der Waals surface area contributed by atoms with Gasteiger partial charge >= 0.3 is 0 Å². The van der Waals surface area contributed by atoms with Gasteiger partial charge in [0.2, 0.25) is 5.91 Å². The molecule has 0 spiro atoms. The molecule has 1 unspecified atom stereocenters. The molecule has 4 saturated carbocycles. The van der Waals surface area contributed by atoms with E-state index in [9.17, 15) is 4.79 Å². The van der Waals surface area contributed by atoms with Gasteiger partial charge in [-0.3, -0.25) is 4.79 Å². The Morgan fingerprint density at radius 3 is 2.12 bits per heavy atom. The number of carbonyl (C=O) groups is 1. The molecule has 0 aromatic carbocycles. The van der Waals surface area contributed by atoms with Crippen molar-refractivity contribution in [3.63, 3.8) is 0 Å². The van der Waals surface area contributed by atoms with Crippen molar-refractivity contribution in [2.24, 2.45) is 29.6 Å². The van der Waals surface area contributed by atoms with E-state index in [0.717, 1.165) is 36.1 Å². The summed E-state index contributed by atoms with van der Waals surface area (Å²) in [5, 5.41) is 6.52. The standard InChI is InChI=1S/C14H22N2O/c17-13-7-15-12(6-16-13)14-10-2-8-1-9(4-10)5-11(14)3-8/h8-12,14-15H,1-7H2,(H,16,17). The Bertz CT molecular complexity index is 303. The largest absolute Gasteiger partial charge is 0.353 e. The summed E-state index contributed by atoms with van der Waals surface area (Å²) in [4.78, 5) is 11.2. The smallest absolute Gasteiger partial charge is 0.234 e. The summed E-state index contributed by atoms with van der Waals surface area (Å²) in [5.41, 5.74) is 0. The summed E-state index contributed by atoms with van der Waals surface area (Å²) in [6, 6.07) is 0.558. The first-order chi connectivity index (χ1) is 8.29. The monoisotopic (exact) mass is 234 g/mol. The highest BCUT2D eigenvalue weighted by atomic mass is 16.2. The Labute approximate surface area is 103 Å². The molecular formula is C14H22N2O. The molecule has 1 heterocycles. The first-order valence-electron chi connectivity index (χ1n) is 7.29. The first kappa shape index (κ1) is 10.4. The van der Waals surface area contributed by atoms with E-state index in [-0.39, 0.29) is 5.91 Å². The Balaban J connectivity index is 1.52. The predicted molar refractivity (Wildman–Crippen MR) is 65.3 cm³/mol. The molecule has 0 radical (unpaired) electrons. The molecule has 5 rings (SSSR count). The molecular weight excluding hydrogens is 212 g/mol. The second kappa shape index (κ2) is 3.71. The van der Waals surface area contributed by atoms with Crippen LogP contribution in [-0.2, 0) is 4.79 Å². The van der Waals surface area contributed by atoms with Crippen molar-refractivity contribution in [2.45, 2.75) is 38.1 Å². The molecule has 0 aromatic heterocycles. The number of hydrogen-bond acceptors (Lipinski definition) is 2. The lowest BCUT2D eigenvalue weighted by atomic mass is 9.50. The van der Waals surface area contributed by atoms with E-state index in [4.69, 9.17) is 0 Å². The normalized spacial score (nSPS) is 52.6. The van der Waals surface area contributed by atoms with Crippen molar-refractivity contribution < 1.29 is 4.79 Å². The Kier molecular flexibility index (Phi) is 2.26. The zero-order valence-corrected chi connectivity index (χ0v) is 10.3. The molecule has 17 heavy (non-hydrogen) atoms. The maximum Gasteiger partial charge on any atom is 0.234 e. The van der Waals surface area contributed by atoms with E-state index in [1.165, 1.54) is 32.1 Å².